The highest BCUT2D eigenvalue weighted by molar-refractivity contribution is 7.98. The number of hydrogen-bond donors (Lipinski definition) is 0. The van der Waals surface area contributed by atoms with Gasteiger partial charge in [0.1, 0.15) is 22.4 Å². The topological polar surface area (TPSA) is 30.3 Å². The second-order valence-corrected chi connectivity index (χ2v) is 7.37. The minimum Gasteiger partial charge on any atom is -0.373 e. The molecule has 1 aromatic heterocycles. The number of nitrogens with zero attached hydrogens (tertiary/aromatic N) is 3. The number of hydrogen-bond acceptors (Lipinski definition) is 4. The first-order valence-electron chi connectivity index (χ1n) is 8.08. The van der Waals surface area contributed by atoms with Gasteiger partial charge < -0.3 is 4.74 Å². The van der Waals surface area contributed by atoms with Crippen molar-refractivity contribution >= 4 is 23.4 Å². The van der Waals surface area contributed by atoms with Gasteiger partial charge in [0.05, 0.1) is 11.9 Å². The molecule has 2 aliphatic heterocycles. The Morgan fingerprint density at radius 1 is 1.31 bits per heavy atom. The normalized spacial score (nSPS) is 27.2. The number of anilines is 1. The Kier molecular flexibility index (Phi) is 3.72. The van der Waals surface area contributed by atoms with E-state index in [0.717, 1.165) is 27.9 Å². The van der Waals surface area contributed by atoms with Crippen molar-refractivity contribution < 1.29 is 17.9 Å². The maximum Gasteiger partial charge on any atom is 0.431 e. The zero-order valence-electron chi connectivity index (χ0n) is 14.8. The summed E-state index contributed by atoms with van der Waals surface area (Å²) in [5.41, 5.74) is 0.762. The van der Waals surface area contributed by atoms with Crippen LogP contribution in [-0.2, 0) is 4.74 Å². The lowest BCUT2D eigenvalue weighted by Gasteiger charge is -2.42. The van der Waals surface area contributed by atoms with E-state index in [2.05, 4.69) is 4.98 Å². The lowest BCUT2D eigenvalue weighted by atomic mass is 9.79. The monoisotopic (exact) mass is 381 g/mol. The largest absolute Gasteiger partial charge is 0.431 e. The predicted molar refractivity (Wildman–Crippen MR) is 95.9 cm³/mol. The molecule has 0 saturated carbocycles. The summed E-state index contributed by atoms with van der Waals surface area (Å²) in [7, 11) is 1.61. The summed E-state index contributed by atoms with van der Waals surface area (Å²) in [4.78, 5) is 5.63. The Hall–Kier alpha value is -1.93. The maximum absolute atomic E-state index is 13.8. The minimum absolute atomic E-state index is 0.269. The Morgan fingerprint density at radius 2 is 2.04 bits per heavy atom. The van der Waals surface area contributed by atoms with Gasteiger partial charge in [0.15, 0.2) is 0 Å². The molecular weight excluding hydrogens is 363 g/mol. The third-order valence-corrected chi connectivity index (χ3v) is 5.80. The highest BCUT2D eigenvalue weighted by Crippen LogP contribution is 2.55. The molecule has 0 N–H and O–H groups in total. The van der Waals surface area contributed by atoms with Gasteiger partial charge in [-0.25, -0.2) is 4.98 Å². The van der Waals surface area contributed by atoms with Crippen LogP contribution in [0.25, 0.3) is 5.70 Å². The van der Waals surface area contributed by atoms with Crippen LogP contribution in [0.4, 0.5) is 19.1 Å². The van der Waals surface area contributed by atoms with Gasteiger partial charge in [-0.2, -0.15) is 13.2 Å². The molecule has 3 heterocycles. The zero-order chi connectivity index (χ0) is 18.9. The van der Waals surface area contributed by atoms with E-state index in [4.69, 9.17) is 4.74 Å². The molecule has 1 spiro atoms. The highest BCUT2D eigenvalue weighted by Gasteiger charge is 2.57. The van der Waals surface area contributed by atoms with E-state index < -0.39 is 17.4 Å². The van der Waals surface area contributed by atoms with Gasteiger partial charge in [-0.3, -0.25) is 9.47 Å². The second-order valence-electron chi connectivity index (χ2n) is 6.54. The molecule has 8 heteroatoms. The summed E-state index contributed by atoms with van der Waals surface area (Å²) in [5.74, 6) is 0.275. The van der Waals surface area contributed by atoms with E-state index >= 15 is 0 Å². The maximum atomic E-state index is 13.8. The Bertz CT molecular complexity index is 909. The number of halogens is 3. The number of rotatable bonds is 2. The number of fused-ring (bicyclic) bond motifs is 3. The molecule has 0 radical (unpaired) electrons. The highest BCUT2D eigenvalue weighted by atomic mass is 32.2. The number of ether oxygens (including phenoxy) is 1. The number of methoxy groups -OCH3 is 1. The summed E-state index contributed by atoms with van der Waals surface area (Å²) in [5, 5.41) is 0.792. The Balaban J connectivity index is 2.07. The smallest absolute Gasteiger partial charge is 0.373 e. The van der Waals surface area contributed by atoms with Crippen LogP contribution >= 0.6 is 11.8 Å². The van der Waals surface area contributed by atoms with Gasteiger partial charge in [-0.15, -0.1) is 11.8 Å². The van der Waals surface area contributed by atoms with E-state index in [0.29, 0.717) is 0 Å². The van der Waals surface area contributed by atoms with Crippen LogP contribution in [0, 0.1) is 0 Å². The first-order valence-corrected chi connectivity index (χ1v) is 9.31. The quantitative estimate of drug-likeness (QED) is 0.562. The molecule has 0 fully saturated rings. The van der Waals surface area contributed by atoms with Crippen LogP contribution in [0.2, 0.25) is 0 Å². The third kappa shape index (κ3) is 2.05. The molecule has 2 unspecified atom stereocenters. The molecule has 138 valence electrons. The van der Waals surface area contributed by atoms with Crippen molar-refractivity contribution in [3.8, 4) is 0 Å². The number of allylic oxidation sites excluding steroid dienone is 3. The molecular formula is C18H18F3N3OS. The van der Waals surface area contributed by atoms with E-state index in [1.165, 1.54) is 22.7 Å². The predicted octanol–water partition coefficient (Wildman–Crippen LogP) is 4.39. The fourth-order valence-corrected chi connectivity index (χ4v) is 4.77. The zero-order valence-corrected chi connectivity index (χ0v) is 15.6. The van der Waals surface area contributed by atoms with Gasteiger partial charge in [-0.05, 0) is 49.5 Å². The SMILES string of the molecule is COC1C(C)=CC23C=CC=C(C(F)(F)F)N2c2ncc(SC)n2C3=C1C. The second kappa shape index (κ2) is 5.53. The first kappa shape index (κ1) is 17.5. The Labute approximate surface area is 153 Å². The lowest BCUT2D eigenvalue weighted by Crippen LogP contribution is -2.50. The molecule has 0 amide bonds. The van der Waals surface area contributed by atoms with Gasteiger partial charge in [0.2, 0.25) is 5.95 Å². The Morgan fingerprint density at radius 3 is 2.65 bits per heavy atom. The summed E-state index contributed by atoms with van der Waals surface area (Å²) in [6.07, 6.45) is 4.99. The average Bonchev–Trinajstić information content (AvgIpc) is 3.08. The third-order valence-electron chi connectivity index (χ3n) is 5.09. The van der Waals surface area contributed by atoms with Crippen LogP contribution in [0.15, 0.2) is 52.4 Å². The molecule has 0 saturated heterocycles. The number of imidazole rings is 1. The molecule has 3 aliphatic rings. The number of alkyl halides is 3. The summed E-state index contributed by atoms with van der Waals surface area (Å²) < 4.78 is 48.9. The molecule has 2 atom stereocenters. The van der Waals surface area contributed by atoms with Crippen LogP contribution in [0.3, 0.4) is 0 Å². The molecule has 0 aromatic carbocycles. The van der Waals surface area contributed by atoms with Crippen molar-refractivity contribution in [2.45, 2.75) is 36.7 Å². The van der Waals surface area contributed by atoms with Crippen molar-refractivity contribution in [3.05, 3.63) is 47.3 Å². The van der Waals surface area contributed by atoms with Crippen LogP contribution in [0.5, 0.6) is 0 Å². The first-order chi connectivity index (χ1) is 12.3. The fourth-order valence-electron chi connectivity index (χ4n) is 4.26. The molecule has 0 bridgehead atoms. The van der Waals surface area contributed by atoms with E-state index in [9.17, 15) is 13.2 Å². The standard InChI is InChI=1S/C18H18F3N3OS/c1-10-8-17-7-5-6-12(18(19,20)21)24(17)16-22-9-13(26-4)23(16)15(17)11(2)14(10)25-3/h5-9,14H,1-4H3. The van der Waals surface area contributed by atoms with Crippen molar-refractivity contribution in [1.82, 2.24) is 9.55 Å². The summed E-state index contributed by atoms with van der Waals surface area (Å²) in [6, 6.07) is 0. The minimum atomic E-state index is -4.49. The van der Waals surface area contributed by atoms with Crippen LogP contribution < -0.4 is 4.90 Å². The van der Waals surface area contributed by atoms with Crippen molar-refractivity contribution in [2.75, 3.05) is 18.3 Å². The van der Waals surface area contributed by atoms with E-state index in [-0.39, 0.29) is 12.1 Å². The van der Waals surface area contributed by atoms with Crippen LogP contribution in [-0.4, -0.2) is 40.7 Å². The lowest BCUT2D eigenvalue weighted by molar-refractivity contribution is -0.0941. The van der Waals surface area contributed by atoms with Crippen molar-refractivity contribution in [1.29, 1.82) is 0 Å². The van der Waals surface area contributed by atoms with E-state index in [1.54, 1.807) is 19.4 Å². The number of aromatic nitrogens is 2. The van der Waals surface area contributed by atoms with Gasteiger partial charge >= 0.3 is 6.18 Å². The number of thioether (sulfide) groups is 1. The summed E-state index contributed by atoms with van der Waals surface area (Å²) in [6.45, 7) is 3.80. The van der Waals surface area contributed by atoms with Gasteiger partial charge in [0.25, 0.3) is 0 Å². The van der Waals surface area contributed by atoms with Gasteiger partial charge in [-0.1, -0.05) is 6.08 Å². The summed E-state index contributed by atoms with van der Waals surface area (Å²) >= 11 is 1.45. The van der Waals surface area contributed by atoms with E-state index in [1.807, 2.05) is 30.7 Å². The average molecular weight is 381 g/mol. The fraction of sp³-hybridized carbons (Fsp3) is 0.389. The molecule has 1 aliphatic carbocycles. The van der Waals surface area contributed by atoms with Crippen molar-refractivity contribution in [2.24, 2.45) is 0 Å². The van der Waals surface area contributed by atoms with Crippen LogP contribution in [0.1, 0.15) is 13.8 Å². The molecule has 4 nitrogen and oxygen atoms in total. The van der Waals surface area contributed by atoms with Crippen molar-refractivity contribution in [3.63, 3.8) is 0 Å². The van der Waals surface area contributed by atoms with Gasteiger partial charge in [0, 0.05) is 7.11 Å². The molecule has 4 rings (SSSR count). The molecule has 26 heavy (non-hydrogen) atoms. The molecule has 1 aromatic rings.